The Morgan fingerprint density at radius 1 is 1.25 bits per heavy atom. The molecular weight excluding hydrogens is 148 g/mol. The van der Waals surface area contributed by atoms with Crippen LogP contribution < -0.4 is 0 Å². The summed E-state index contributed by atoms with van der Waals surface area (Å²) >= 11 is 0. The fraction of sp³-hybridized carbons (Fsp3) is 1.00. The molecule has 72 valence electrons. The average molecular weight is 170 g/mol. The monoisotopic (exact) mass is 170 g/mol. The highest BCUT2D eigenvalue weighted by molar-refractivity contribution is 4.70. The Bertz CT molecular complexity index is 112. The predicted molar refractivity (Wildman–Crippen MR) is 52.0 cm³/mol. The minimum absolute atomic E-state index is 0.0932. The Balaban J connectivity index is 2.09. The molecule has 0 bridgehead atoms. The summed E-state index contributed by atoms with van der Waals surface area (Å²) in [6.07, 6.45) is 7.75. The van der Waals surface area contributed by atoms with Crippen molar-refractivity contribution in [2.45, 2.75) is 58.5 Å². The molecule has 0 aliphatic heterocycles. The van der Waals surface area contributed by atoms with Gasteiger partial charge in [-0.15, -0.1) is 0 Å². The Hall–Kier alpha value is -0.0400. The minimum Gasteiger partial charge on any atom is -0.393 e. The fourth-order valence-electron chi connectivity index (χ4n) is 2.09. The van der Waals surface area contributed by atoms with E-state index >= 15 is 0 Å². The summed E-state index contributed by atoms with van der Waals surface area (Å²) < 4.78 is 0. The van der Waals surface area contributed by atoms with Gasteiger partial charge in [-0.3, -0.25) is 0 Å². The van der Waals surface area contributed by atoms with Gasteiger partial charge in [0.05, 0.1) is 6.10 Å². The lowest BCUT2D eigenvalue weighted by Gasteiger charge is -2.26. The quantitative estimate of drug-likeness (QED) is 0.690. The first kappa shape index (κ1) is 10.0. The third-order valence-corrected chi connectivity index (χ3v) is 3.13. The Morgan fingerprint density at radius 3 is 2.33 bits per heavy atom. The molecule has 0 aromatic carbocycles. The number of hydrogen-bond acceptors (Lipinski definition) is 1. The van der Waals surface area contributed by atoms with Gasteiger partial charge in [0.25, 0.3) is 0 Å². The number of aliphatic hydroxyl groups is 1. The summed E-state index contributed by atoms with van der Waals surface area (Å²) in [6, 6.07) is 0. The molecular formula is C11H22O. The van der Waals surface area contributed by atoms with Crippen LogP contribution >= 0.6 is 0 Å². The summed E-state index contributed by atoms with van der Waals surface area (Å²) in [6.45, 7) is 4.25. The van der Waals surface area contributed by atoms with Crippen LogP contribution in [0.15, 0.2) is 0 Å². The molecule has 1 atom stereocenters. The van der Waals surface area contributed by atoms with Gasteiger partial charge in [-0.05, 0) is 31.6 Å². The maximum absolute atomic E-state index is 9.14. The van der Waals surface area contributed by atoms with Crippen molar-refractivity contribution in [3.8, 4) is 0 Å². The molecule has 1 fully saturated rings. The van der Waals surface area contributed by atoms with Crippen molar-refractivity contribution in [3.63, 3.8) is 0 Å². The van der Waals surface area contributed by atoms with Gasteiger partial charge in [-0.2, -0.15) is 0 Å². The van der Waals surface area contributed by atoms with Crippen LogP contribution in [0.3, 0.4) is 0 Å². The highest BCUT2D eigenvalue weighted by Crippen LogP contribution is 2.31. The second-order valence-electron chi connectivity index (χ2n) is 4.55. The topological polar surface area (TPSA) is 20.2 Å². The molecule has 0 amide bonds. The van der Waals surface area contributed by atoms with Crippen LogP contribution in [0.2, 0.25) is 0 Å². The molecule has 1 saturated carbocycles. The van der Waals surface area contributed by atoms with Gasteiger partial charge < -0.3 is 5.11 Å². The number of aliphatic hydroxyl groups excluding tert-OH is 1. The summed E-state index contributed by atoms with van der Waals surface area (Å²) in [7, 11) is 0. The van der Waals surface area contributed by atoms with Gasteiger partial charge in [-0.25, -0.2) is 0 Å². The predicted octanol–water partition coefficient (Wildman–Crippen LogP) is 2.97. The van der Waals surface area contributed by atoms with Crippen molar-refractivity contribution in [3.05, 3.63) is 0 Å². The number of hydrogen-bond donors (Lipinski definition) is 1. The number of rotatable bonds is 3. The zero-order valence-corrected chi connectivity index (χ0v) is 8.42. The van der Waals surface area contributed by atoms with E-state index in [0.29, 0.717) is 0 Å². The highest BCUT2D eigenvalue weighted by atomic mass is 16.3. The van der Waals surface area contributed by atoms with E-state index in [1.54, 1.807) is 0 Å². The van der Waals surface area contributed by atoms with Crippen molar-refractivity contribution < 1.29 is 5.11 Å². The molecule has 12 heavy (non-hydrogen) atoms. The summed E-state index contributed by atoms with van der Waals surface area (Å²) in [4.78, 5) is 0. The molecule has 1 heteroatoms. The van der Waals surface area contributed by atoms with Gasteiger partial charge in [0, 0.05) is 0 Å². The second kappa shape index (κ2) is 4.86. The lowest BCUT2D eigenvalue weighted by atomic mass is 9.80. The van der Waals surface area contributed by atoms with E-state index in [-0.39, 0.29) is 6.10 Å². The van der Waals surface area contributed by atoms with Gasteiger partial charge in [-0.1, -0.05) is 32.6 Å². The van der Waals surface area contributed by atoms with Crippen LogP contribution in [0.25, 0.3) is 0 Å². The van der Waals surface area contributed by atoms with Crippen LogP contribution in [0.1, 0.15) is 52.4 Å². The summed E-state index contributed by atoms with van der Waals surface area (Å²) in [5.74, 6) is 1.86. The van der Waals surface area contributed by atoms with Crippen molar-refractivity contribution >= 4 is 0 Å². The molecule has 0 radical (unpaired) electrons. The van der Waals surface area contributed by atoms with Gasteiger partial charge in [0.15, 0.2) is 0 Å². The zero-order chi connectivity index (χ0) is 8.97. The van der Waals surface area contributed by atoms with Gasteiger partial charge in [0.1, 0.15) is 0 Å². The second-order valence-corrected chi connectivity index (χ2v) is 4.55. The third kappa shape index (κ3) is 3.57. The molecule has 1 aliphatic carbocycles. The van der Waals surface area contributed by atoms with Gasteiger partial charge >= 0.3 is 0 Å². The first-order chi connectivity index (χ1) is 5.68. The van der Waals surface area contributed by atoms with E-state index in [9.17, 15) is 0 Å². The van der Waals surface area contributed by atoms with Crippen LogP contribution in [0.4, 0.5) is 0 Å². The van der Waals surface area contributed by atoms with E-state index in [1.165, 1.54) is 32.1 Å². The summed E-state index contributed by atoms with van der Waals surface area (Å²) in [5, 5.41) is 9.14. The lowest BCUT2D eigenvalue weighted by Crippen LogP contribution is -2.14. The molecule has 1 N–H and O–H groups in total. The van der Waals surface area contributed by atoms with Crippen LogP contribution in [0.5, 0.6) is 0 Å². The normalized spacial score (nSPS) is 33.2. The first-order valence-corrected chi connectivity index (χ1v) is 5.36. The van der Waals surface area contributed by atoms with Gasteiger partial charge in [0.2, 0.25) is 0 Å². The highest BCUT2D eigenvalue weighted by Gasteiger charge is 2.17. The molecule has 1 aliphatic rings. The SMILES string of the molecule is CC(O)CCC1CCC(C)CC1. The van der Waals surface area contributed by atoms with Crippen LogP contribution in [0, 0.1) is 11.8 Å². The minimum atomic E-state index is -0.0932. The van der Waals surface area contributed by atoms with Crippen LogP contribution in [-0.2, 0) is 0 Å². The Labute approximate surface area is 76.2 Å². The molecule has 0 saturated heterocycles. The average Bonchev–Trinajstić information content (AvgIpc) is 2.03. The van der Waals surface area contributed by atoms with E-state index in [2.05, 4.69) is 6.92 Å². The molecule has 0 aromatic rings. The third-order valence-electron chi connectivity index (χ3n) is 3.13. The smallest absolute Gasteiger partial charge is 0.0512 e. The Morgan fingerprint density at radius 2 is 1.83 bits per heavy atom. The van der Waals surface area contributed by atoms with E-state index in [0.717, 1.165) is 18.3 Å². The van der Waals surface area contributed by atoms with E-state index in [1.807, 2.05) is 6.92 Å². The van der Waals surface area contributed by atoms with Crippen molar-refractivity contribution in [2.24, 2.45) is 11.8 Å². The van der Waals surface area contributed by atoms with E-state index < -0.39 is 0 Å². The molecule has 1 unspecified atom stereocenters. The first-order valence-electron chi connectivity index (χ1n) is 5.36. The fourth-order valence-corrected chi connectivity index (χ4v) is 2.09. The Kier molecular flexibility index (Phi) is 4.07. The maximum atomic E-state index is 9.14. The van der Waals surface area contributed by atoms with Crippen LogP contribution in [-0.4, -0.2) is 11.2 Å². The lowest BCUT2D eigenvalue weighted by molar-refractivity contribution is 0.163. The van der Waals surface area contributed by atoms with Crippen molar-refractivity contribution in [1.82, 2.24) is 0 Å². The van der Waals surface area contributed by atoms with Crippen molar-refractivity contribution in [2.75, 3.05) is 0 Å². The molecule has 1 rings (SSSR count). The summed E-state index contributed by atoms with van der Waals surface area (Å²) in [5.41, 5.74) is 0. The molecule has 0 aromatic heterocycles. The van der Waals surface area contributed by atoms with E-state index in [4.69, 9.17) is 5.11 Å². The molecule has 0 heterocycles. The molecule has 1 nitrogen and oxygen atoms in total. The standard InChI is InChI=1S/C11H22O/c1-9-3-6-11(7-4-9)8-5-10(2)12/h9-12H,3-8H2,1-2H3. The largest absolute Gasteiger partial charge is 0.393 e. The zero-order valence-electron chi connectivity index (χ0n) is 8.42. The van der Waals surface area contributed by atoms with Crippen molar-refractivity contribution in [1.29, 1.82) is 0 Å². The molecule has 0 spiro atoms. The maximum Gasteiger partial charge on any atom is 0.0512 e.